The third-order valence-electron chi connectivity index (χ3n) is 4.09. The van der Waals surface area contributed by atoms with Crippen molar-refractivity contribution in [2.75, 3.05) is 0 Å². The SMILES string of the molecule is CCCCC1=[C]([Y][C]2=C(CCCC)C=CC2)CC=C1. The van der Waals surface area contributed by atoms with Crippen molar-refractivity contribution in [3.8, 4) is 0 Å². The Bertz CT molecular complexity index is 381. The van der Waals surface area contributed by atoms with Crippen LogP contribution in [0.25, 0.3) is 0 Å². The van der Waals surface area contributed by atoms with Crippen molar-refractivity contribution in [2.24, 2.45) is 0 Å². The first kappa shape index (κ1) is 15.5. The van der Waals surface area contributed by atoms with Crippen LogP contribution in [0.5, 0.6) is 0 Å². The van der Waals surface area contributed by atoms with Gasteiger partial charge in [0.25, 0.3) is 0 Å². The molecule has 0 aromatic carbocycles. The van der Waals surface area contributed by atoms with E-state index in [9.17, 15) is 0 Å². The summed E-state index contributed by atoms with van der Waals surface area (Å²) in [5, 5.41) is 0. The maximum atomic E-state index is 2.42. The summed E-state index contributed by atoms with van der Waals surface area (Å²) >= 11 is -0.663. The van der Waals surface area contributed by atoms with Gasteiger partial charge in [0.15, 0.2) is 0 Å². The monoisotopic (exact) mass is 331 g/mol. The molecule has 0 heterocycles. The second kappa shape index (κ2) is 8.37. The molecule has 2 aliphatic carbocycles. The third kappa shape index (κ3) is 4.53. The van der Waals surface area contributed by atoms with Crippen LogP contribution in [-0.4, -0.2) is 0 Å². The van der Waals surface area contributed by atoms with Gasteiger partial charge < -0.3 is 0 Å². The van der Waals surface area contributed by atoms with Gasteiger partial charge in [-0.1, -0.05) is 0 Å². The van der Waals surface area contributed by atoms with Crippen LogP contribution in [0.15, 0.2) is 40.2 Å². The first-order chi connectivity index (χ1) is 9.35. The summed E-state index contributed by atoms with van der Waals surface area (Å²) in [5.74, 6) is 0. The molecule has 2 aliphatic rings. The Balaban J connectivity index is 1.99. The number of unbranched alkanes of at least 4 members (excludes halogenated alkanes) is 2. The van der Waals surface area contributed by atoms with Gasteiger partial charge in [-0.15, -0.1) is 0 Å². The van der Waals surface area contributed by atoms with Crippen molar-refractivity contribution < 1.29 is 29.2 Å². The molecule has 0 unspecified atom stereocenters. The normalized spacial score (nSPS) is 17.8. The predicted molar refractivity (Wildman–Crippen MR) is 80.6 cm³/mol. The Hall–Kier alpha value is 0.0639. The van der Waals surface area contributed by atoms with Crippen molar-refractivity contribution in [3.05, 3.63) is 40.2 Å². The number of rotatable bonds is 8. The molecule has 2 rings (SSSR count). The summed E-state index contributed by atoms with van der Waals surface area (Å²) in [6.45, 7) is 4.60. The van der Waals surface area contributed by atoms with Crippen LogP contribution < -0.4 is 0 Å². The third-order valence-corrected chi connectivity index (χ3v) is 8.78. The van der Waals surface area contributed by atoms with Crippen LogP contribution in [0.4, 0.5) is 0 Å². The summed E-state index contributed by atoms with van der Waals surface area (Å²) in [4.78, 5) is 0. The van der Waals surface area contributed by atoms with E-state index in [0.717, 1.165) is 0 Å². The Morgan fingerprint density at radius 2 is 1.32 bits per heavy atom. The van der Waals surface area contributed by atoms with E-state index in [0.29, 0.717) is 0 Å². The standard InChI is InChI=1S/2C9H13.Y/c2*1-2-3-6-9-7-4-5-8-9;/h2*4,7H,2-3,5-6H2,1H3;. The Morgan fingerprint density at radius 3 is 1.74 bits per heavy atom. The van der Waals surface area contributed by atoms with E-state index in [1.54, 1.807) is 11.1 Å². The molecule has 1 heteroatoms. The molecule has 0 atom stereocenters. The van der Waals surface area contributed by atoms with Gasteiger partial charge in [0, 0.05) is 0 Å². The summed E-state index contributed by atoms with van der Waals surface area (Å²) in [6, 6.07) is 0. The van der Waals surface area contributed by atoms with E-state index in [1.165, 1.54) is 51.4 Å². The second-order valence-corrected chi connectivity index (χ2v) is 9.80. The summed E-state index contributed by atoms with van der Waals surface area (Å²) in [7, 11) is 0. The summed E-state index contributed by atoms with van der Waals surface area (Å²) < 4.78 is 3.77. The molecule has 0 aromatic rings. The fraction of sp³-hybridized carbons (Fsp3) is 0.556. The molecule has 0 saturated carbocycles. The average molecular weight is 331 g/mol. The van der Waals surface area contributed by atoms with E-state index in [4.69, 9.17) is 0 Å². The van der Waals surface area contributed by atoms with Crippen LogP contribution in [0.2, 0.25) is 0 Å². The molecule has 0 N–H and O–H groups in total. The van der Waals surface area contributed by atoms with E-state index in [2.05, 4.69) is 38.2 Å². The van der Waals surface area contributed by atoms with Crippen molar-refractivity contribution in [2.45, 2.75) is 65.2 Å². The van der Waals surface area contributed by atoms with Crippen LogP contribution in [0.3, 0.4) is 0 Å². The predicted octanol–water partition coefficient (Wildman–Crippen LogP) is 5.88. The zero-order valence-corrected chi connectivity index (χ0v) is 15.4. The molecule has 0 bridgehead atoms. The number of hydrogen-bond acceptors (Lipinski definition) is 0. The molecule has 0 amide bonds. The minimum absolute atomic E-state index is 0.663. The Labute approximate surface area is 134 Å². The number of hydrogen-bond donors (Lipinski definition) is 0. The fourth-order valence-corrected chi connectivity index (χ4v) is 7.24. The maximum absolute atomic E-state index is 2.42. The zero-order valence-electron chi connectivity index (χ0n) is 12.5. The molecule has 0 aliphatic heterocycles. The summed E-state index contributed by atoms with van der Waals surface area (Å²) in [5.41, 5.74) is 3.44. The Morgan fingerprint density at radius 1 is 0.842 bits per heavy atom. The van der Waals surface area contributed by atoms with Crippen LogP contribution in [-0.2, 0) is 29.2 Å². The van der Waals surface area contributed by atoms with E-state index < -0.39 is 29.2 Å². The topological polar surface area (TPSA) is 0 Å². The first-order valence-electron chi connectivity index (χ1n) is 7.97. The van der Waals surface area contributed by atoms with Gasteiger partial charge in [-0.3, -0.25) is 0 Å². The first-order valence-corrected chi connectivity index (χ1v) is 10.8. The molecule has 0 fully saturated rings. The van der Waals surface area contributed by atoms with Crippen LogP contribution in [0.1, 0.15) is 65.2 Å². The van der Waals surface area contributed by atoms with Gasteiger partial charge in [0.1, 0.15) is 0 Å². The van der Waals surface area contributed by atoms with Crippen molar-refractivity contribution in [1.82, 2.24) is 0 Å². The van der Waals surface area contributed by atoms with Gasteiger partial charge in [-0.25, -0.2) is 0 Å². The van der Waals surface area contributed by atoms with Gasteiger partial charge in [0.2, 0.25) is 0 Å². The zero-order chi connectivity index (χ0) is 13.5. The second-order valence-electron chi connectivity index (χ2n) is 5.67. The average Bonchev–Trinajstić information content (AvgIpc) is 3.04. The molecule has 0 nitrogen and oxygen atoms in total. The molecule has 0 aromatic heterocycles. The summed E-state index contributed by atoms with van der Waals surface area (Å²) in [6.07, 6.45) is 20.3. The van der Waals surface area contributed by atoms with E-state index >= 15 is 0 Å². The van der Waals surface area contributed by atoms with E-state index in [1.807, 2.05) is 4.77 Å². The van der Waals surface area contributed by atoms with Crippen LogP contribution in [0, 0.1) is 0 Å². The van der Waals surface area contributed by atoms with Gasteiger partial charge >= 0.3 is 135 Å². The quantitative estimate of drug-likeness (QED) is 0.521. The van der Waals surface area contributed by atoms with Crippen molar-refractivity contribution in [1.29, 1.82) is 0 Å². The van der Waals surface area contributed by atoms with Crippen molar-refractivity contribution >= 4 is 0 Å². The molecular weight excluding hydrogens is 305 g/mol. The Kier molecular flexibility index (Phi) is 6.81. The molecule has 101 valence electrons. The molecule has 0 spiro atoms. The van der Waals surface area contributed by atoms with Gasteiger partial charge in [-0.2, -0.15) is 0 Å². The van der Waals surface area contributed by atoms with Crippen molar-refractivity contribution in [3.63, 3.8) is 0 Å². The minimum atomic E-state index is -0.663. The van der Waals surface area contributed by atoms with Crippen LogP contribution >= 0.6 is 0 Å². The molecular formula is C18H26Y. The molecule has 0 radical (unpaired) electrons. The molecule has 0 saturated heterocycles. The van der Waals surface area contributed by atoms with E-state index in [-0.39, 0.29) is 0 Å². The van der Waals surface area contributed by atoms with Gasteiger partial charge in [-0.05, 0) is 0 Å². The number of allylic oxidation sites excluding steroid dienone is 8. The van der Waals surface area contributed by atoms with Gasteiger partial charge in [0.05, 0.1) is 0 Å². The molecule has 19 heavy (non-hydrogen) atoms. The fourth-order valence-electron chi connectivity index (χ4n) is 2.87.